The van der Waals surface area contributed by atoms with Crippen LogP contribution in [0.4, 0.5) is 5.69 Å². The largest absolute Gasteiger partial charge is 0.369 e. The molecule has 28 heavy (non-hydrogen) atoms. The fourth-order valence-electron chi connectivity index (χ4n) is 3.30. The van der Waals surface area contributed by atoms with Gasteiger partial charge in [-0.3, -0.25) is 9.69 Å². The minimum atomic E-state index is -0.0506. The van der Waals surface area contributed by atoms with Gasteiger partial charge in [0.05, 0.1) is 5.71 Å². The lowest BCUT2D eigenvalue weighted by Gasteiger charge is -2.36. The van der Waals surface area contributed by atoms with Crippen LogP contribution in [0.3, 0.4) is 0 Å². The normalized spacial score (nSPS) is 15.5. The summed E-state index contributed by atoms with van der Waals surface area (Å²) in [5, 5.41) is 5.00. The highest BCUT2D eigenvalue weighted by atomic mass is 35.5. The van der Waals surface area contributed by atoms with Crippen LogP contribution in [0.1, 0.15) is 25.3 Å². The zero-order valence-corrected chi connectivity index (χ0v) is 17.0. The van der Waals surface area contributed by atoms with Gasteiger partial charge in [-0.25, -0.2) is 5.43 Å². The Balaban J connectivity index is 1.42. The number of hydrogen-bond donors (Lipinski definition) is 1. The van der Waals surface area contributed by atoms with Crippen molar-refractivity contribution in [2.24, 2.45) is 5.10 Å². The van der Waals surface area contributed by atoms with Gasteiger partial charge in [-0.2, -0.15) is 5.10 Å². The number of nitrogens with zero attached hydrogens (tertiary/aromatic N) is 3. The molecule has 1 amide bonds. The zero-order chi connectivity index (χ0) is 19.8. The van der Waals surface area contributed by atoms with Gasteiger partial charge in [0.2, 0.25) is 5.91 Å². The number of amides is 1. The Hall–Kier alpha value is -2.37. The van der Waals surface area contributed by atoms with Crippen LogP contribution in [0.15, 0.2) is 59.7 Å². The van der Waals surface area contributed by atoms with Crippen molar-refractivity contribution in [1.82, 2.24) is 10.3 Å². The fourth-order valence-corrected chi connectivity index (χ4v) is 3.43. The van der Waals surface area contributed by atoms with Crippen molar-refractivity contribution in [3.05, 3.63) is 65.2 Å². The zero-order valence-electron chi connectivity index (χ0n) is 16.3. The second-order valence-electron chi connectivity index (χ2n) is 6.87. The first-order valence-corrected chi connectivity index (χ1v) is 10.2. The predicted octanol–water partition coefficient (Wildman–Crippen LogP) is 3.78. The first-order valence-electron chi connectivity index (χ1n) is 9.79. The Morgan fingerprint density at radius 2 is 1.71 bits per heavy atom. The summed E-state index contributed by atoms with van der Waals surface area (Å²) < 4.78 is 0. The van der Waals surface area contributed by atoms with Crippen molar-refractivity contribution < 1.29 is 4.79 Å². The molecule has 3 rings (SSSR count). The number of hydrogen-bond acceptors (Lipinski definition) is 4. The summed E-state index contributed by atoms with van der Waals surface area (Å²) in [7, 11) is 0. The number of carbonyl (C=O) groups is 1. The summed E-state index contributed by atoms with van der Waals surface area (Å²) >= 11 is 5.93. The van der Waals surface area contributed by atoms with Crippen molar-refractivity contribution in [3.63, 3.8) is 0 Å². The minimum Gasteiger partial charge on any atom is -0.369 e. The van der Waals surface area contributed by atoms with Gasteiger partial charge in [0, 0.05) is 49.9 Å². The average Bonchev–Trinajstić information content (AvgIpc) is 2.75. The Labute approximate surface area is 172 Å². The summed E-state index contributed by atoms with van der Waals surface area (Å²) in [6.45, 7) is 6.69. The number of carbonyl (C=O) groups excluding carboxylic acids is 1. The van der Waals surface area contributed by atoms with Crippen LogP contribution in [0.5, 0.6) is 0 Å². The maximum Gasteiger partial charge on any atom is 0.241 e. The quantitative estimate of drug-likeness (QED) is 0.570. The van der Waals surface area contributed by atoms with Gasteiger partial charge < -0.3 is 4.90 Å². The van der Waals surface area contributed by atoms with Crippen molar-refractivity contribution >= 4 is 28.9 Å². The van der Waals surface area contributed by atoms with Gasteiger partial charge in [0.15, 0.2) is 0 Å². The molecule has 0 aromatic heterocycles. The van der Waals surface area contributed by atoms with E-state index in [9.17, 15) is 4.79 Å². The highest BCUT2D eigenvalue weighted by molar-refractivity contribution is 6.30. The van der Waals surface area contributed by atoms with Crippen LogP contribution < -0.4 is 10.3 Å². The van der Waals surface area contributed by atoms with E-state index in [-0.39, 0.29) is 5.91 Å². The van der Waals surface area contributed by atoms with Crippen molar-refractivity contribution in [2.75, 3.05) is 37.6 Å². The molecular weight excluding hydrogens is 372 g/mol. The monoisotopic (exact) mass is 398 g/mol. The number of hydrazone groups is 1. The summed E-state index contributed by atoms with van der Waals surface area (Å²) in [5.41, 5.74) is 5.79. The minimum absolute atomic E-state index is 0.0506. The lowest BCUT2D eigenvalue weighted by molar-refractivity contribution is -0.121. The van der Waals surface area contributed by atoms with Crippen LogP contribution in [0.25, 0.3) is 0 Å². The second kappa shape index (κ2) is 10.2. The number of benzene rings is 2. The van der Waals surface area contributed by atoms with Gasteiger partial charge >= 0.3 is 0 Å². The molecule has 1 heterocycles. The highest BCUT2D eigenvalue weighted by Crippen LogP contribution is 2.15. The van der Waals surface area contributed by atoms with E-state index in [4.69, 9.17) is 11.6 Å². The first-order chi connectivity index (χ1) is 13.7. The number of para-hydroxylation sites is 1. The molecule has 2 aromatic rings. The molecule has 0 saturated carbocycles. The van der Waals surface area contributed by atoms with Crippen LogP contribution in [0.2, 0.25) is 5.02 Å². The molecule has 148 valence electrons. The lowest BCUT2D eigenvalue weighted by atomic mass is 10.1. The van der Waals surface area contributed by atoms with E-state index in [1.54, 1.807) is 0 Å². The molecule has 0 bridgehead atoms. The third-order valence-electron chi connectivity index (χ3n) is 4.98. The molecule has 1 N–H and O–H groups in total. The molecule has 0 atom stereocenters. The summed E-state index contributed by atoms with van der Waals surface area (Å²) in [5.74, 6) is -0.0506. The van der Waals surface area contributed by atoms with Crippen LogP contribution >= 0.6 is 11.6 Å². The van der Waals surface area contributed by atoms with Gasteiger partial charge in [-0.05, 0) is 36.2 Å². The molecule has 1 aliphatic heterocycles. The number of nitrogens with one attached hydrogen (secondary N) is 1. The maximum absolute atomic E-state index is 12.2. The molecule has 2 aromatic carbocycles. The molecular formula is C22H27ClN4O. The third-order valence-corrected chi connectivity index (χ3v) is 5.23. The second-order valence-corrected chi connectivity index (χ2v) is 7.30. The van der Waals surface area contributed by atoms with E-state index < -0.39 is 0 Å². The Kier molecular flexibility index (Phi) is 7.46. The predicted molar refractivity (Wildman–Crippen MR) is 116 cm³/mol. The lowest BCUT2D eigenvalue weighted by Crippen LogP contribution is -2.47. The maximum atomic E-state index is 12.2. The highest BCUT2D eigenvalue weighted by Gasteiger charge is 2.17. The molecule has 6 heteroatoms. The van der Waals surface area contributed by atoms with E-state index >= 15 is 0 Å². The van der Waals surface area contributed by atoms with E-state index in [1.807, 2.05) is 37.3 Å². The molecule has 0 spiro atoms. The number of piperazine rings is 1. The van der Waals surface area contributed by atoms with Crippen LogP contribution in [-0.2, 0) is 4.79 Å². The molecule has 0 unspecified atom stereocenters. The molecule has 0 radical (unpaired) electrons. The van der Waals surface area contributed by atoms with E-state index in [1.165, 1.54) is 5.69 Å². The average molecular weight is 399 g/mol. The fraction of sp³-hybridized carbons (Fsp3) is 0.364. The summed E-state index contributed by atoms with van der Waals surface area (Å²) in [4.78, 5) is 16.9. The van der Waals surface area contributed by atoms with Gasteiger partial charge in [-0.1, -0.05) is 48.9 Å². The van der Waals surface area contributed by atoms with Crippen LogP contribution in [0, 0.1) is 0 Å². The van der Waals surface area contributed by atoms with Crippen molar-refractivity contribution in [1.29, 1.82) is 0 Å². The molecule has 1 fully saturated rings. The Morgan fingerprint density at radius 3 is 2.36 bits per heavy atom. The number of anilines is 1. The topological polar surface area (TPSA) is 47.9 Å². The molecule has 5 nitrogen and oxygen atoms in total. The summed E-state index contributed by atoms with van der Waals surface area (Å²) in [6, 6.07) is 18.0. The number of rotatable bonds is 7. The van der Waals surface area contributed by atoms with Crippen molar-refractivity contribution in [3.8, 4) is 0 Å². The van der Waals surface area contributed by atoms with Gasteiger partial charge in [0.25, 0.3) is 0 Å². The van der Waals surface area contributed by atoms with E-state index in [0.29, 0.717) is 11.4 Å². The molecule has 0 aliphatic carbocycles. The van der Waals surface area contributed by atoms with Crippen molar-refractivity contribution in [2.45, 2.75) is 19.8 Å². The van der Waals surface area contributed by atoms with Gasteiger partial charge in [0.1, 0.15) is 0 Å². The number of halogens is 1. The van der Waals surface area contributed by atoms with E-state index in [2.05, 4.69) is 44.6 Å². The van der Waals surface area contributed by atoms with E-state index in [0.717, 1.165) is 50.4 Å². The van der Waals surface area contributed by atoms with Crippen LogP contribution in [-0.4, -0.2) is 49.2 Å². The Bertz CT molecular complexity index is 784. The summed E-state index contributed by atoms with van der Waals surface area (Å²) in [6.07, 6.45) is 1.19. The standard InChI is InChI=1S/C22H27ClN4O/c1-2-21(18-8-10-19(23)11-9-18)24-25-22(28)12-13-26-14-16-27(17-15-26)20-6-4-3-5-7-20/h3-11H,2,12-17H2,1H3,(H,25,28)/b24-21+. The molecule has 1 saturated heterocycles. The molecule has 1 aliphatic rings. The first kappa shape index (κ1) is 20.4. The van der Waals surface area contributed by atoms with Gasteiger partial charge in [-0.15, -0.1) is 0 Å². The SMILES string of the molecule is CC/C(=N\NC(=O)CCN1CCN(c2ccccc2)CC1)c1ccc(Cl)cc1. The Morgan fingerprint density at radius 1 is 1.04 bits per heavy atom. The smallest absolute Gasteiger partial charge is 0.241 e. The third kappa shape index (κ3) is 5.81.